The molecule has 2 aromatic rings. The minimum absolute atomic E-state index is 0.0646. The van der Waals surface area contributed by atoms with Gasteiger partial charge in [0, 0.05) is 24.3 Å². The largest absolute Gasteiger partial charge is 0.399 e. The van der Waals surface area contributed by atoms with Gasteiger partial charge in [0.15, 0.2) is 0 Å². The second-order valence-corrected chi connectivity index (χ2v) is 5.23. The lowest BCUT2D eigenvalue weighted by Crippen LogP contribution is -2.27. The molecular formula is C16H17ClN2O. The SMILES string of the molecule is CN(Cc1cccc(N)c1)C(=O)Cc1ccc(Cl)cc1. The molecule has 4 heteroatoms. The zero-order valence-corrected chi connectivity index (χ0v) is 12.1. The van der Waals surface area contributed by atoms with Crippen molar-refractivity contribution in [2.45, 2.75) is 13.0 Å². The lowest BCUT2D eigenvalue weighted by molar-refractivity contribution is -0.129. The van der Waals surface area contributed by atoms with Crippen molar-refractivity contribution < 1.29 is 4.79 Å². The van der Waals surface area contributed by atoms with Crippen LogP contribution in [0.15, 0.2) is 48.5 Å². The van der Waals surface area contributed by atoms with E-state index in [0.29, 0.717) is 23.7 Å². The van der Waals surface area contributed by atoms with Gasteiger partial charge in [-0.3, -0.25) is 4.79 Å². The molecule has 0 unspecified atom stereocenters. The summed E-state index contributed by atoms with van der Waals surface area (Å²) in [4.78, 5) is 13.8. The fourth-order valence-electron chi connectivity index (χ4n) is 1.97. The highest BCUT2D eigenvalue weighted by atomic mass is 35.5. The Morgan fingerprint density at radius 1 is 1.15 bits per heavy atom. The molecule has 3 nitrogen and oxygen atoms in total. The molecule has 1 amide bonds. The number of anilines is 1. The number of benzene rings is 2. The average molecular weight is 289 g/mol. The smallest absolute Gasteiger partial charge is 0.227 e. The third-order valence-electron chi connectivity index (χ3n) is 3.07. The highest BCUT2D eigenvalue weighted by Gasteiger charge is 2.10. The van der Waals surface area contributed by atoms with Crippen LogP contribution in [0.4, 0.5) is 5.69 Å². The number of rotatable bonds is 4. The Balaban J connectivity index is 1.96. The first kappa shape index (κ1) is 14.4. The van der Waals surface area contributed by atoms with Gasteiger partial charge in [-0.05, 0) is 35.4 Å². The third-order valence-corrected chi connectivity index (χ3v) is 3.32. The number of amides is 1. The van der Waals surface area contributed by atoms with Crippen molar-refractivity contribution in [2.24, 2.45) is 0 Å². The molecule has 0 saturated heterocycles. The number of hydrogen-bond donors (Lipinski definition) is 1. The first-order valence-corrected chi connectivity index (χ1v) is 6.75. The van der Waals surface area contributed by atoms with Crippen LogP contribution in [0, 0.1) is 0 Å². The van der Waals surface area contributed by atoms with Gasteiger partial charge in [-0.1, -0.05) is 35.9 Å². The molecule has 0 saturated carbocycles. The molecule has 0 atom stereocenters. The van der Waals surface area contributed by atoms with Gasteiger partial charge < -0.3 is 10.6 Å². The van der Waals surface area contributed by atoms with Crippen LogP contribution in [0.2, 0.25) is 5.02 Å². The van der Waals surface area contributed by atoms with Crippen molar-refractivity contribution in [3.8, 4) is 0 Å². The van der Waals surface area contributed by atoms with Crippen molar-refractivity contribution in [3.63, 3.8) is 0 Å². The maximum absolute atomic E-state index is 12.1. The summed E-state index contributed by atoms with van der Waals surface area (Å²) in [5.74, 6) is 0.0646. The van der Waals surface area contributed by atoms with Crippen molar-refractivity contribution in [1.29, 1.82) is 0 Å². The second-order valence-electron chi connectivity index (χ2n) is 4.80. The molecule has 2 N–H and O–H groups in total. The normalized spacial score (nSPS) is 10.3. The van der Waals surface area contributed by atoms with Crippen molar-refractivity contribution in [2.75, 3.05) is 12.8 Å². The van der Waals surface area contributed by atoms with Gasteiger partial charge in [0.2, 0.25) is 5.91 Å². The van der Waals surface area contributed by atoms with Crippen LogP contribution in [-0.4, -0.2) is 17.9 Å². The van der Waals surface area contributed by atoms with Crippen LogP contribution in [0.25, 0.3) is 0 Å². The minimum Gasteiger partial charge on any atom is -0.399 e. The van der Waals surface area contributed by atoms with Crippen molar-refractivity contribution >= 4 is 23.2 Å². The van der Waals surface area contributed by atoms with E-state index in [4.69, 9.17) is 17.3 Å². The second kappa shape index (κ2) is 6.44. The van der Waals surface area contributed by atoms with Crippen LogP contribution in [-0.2, 0) is 17.8 Å². The lowest BCUT2D eigenvalue weighted by atomic mass is 10.1. The Morgan fingerprint density at radius 2 is 1.85 bits per heavy atom. The molecule has 0 aliphatic rings. The van der Waals surface area contributed by atoms with E-state index in [1.807, 2.05) is 36.4 Å². The average Bonchev–Trinajstić information content (AvgIpc) is 2.41. The zero-order valence-electron chi connectivity index (χ0n) is 11.3. The van der Waals surface area contributed by atoms with Crippen LogP contribution in [0.3, 0.4) is 0 Å². The quantitative estimate of drug-likeness (QED) is 0.879. The first-order chi connectivity index (χ1) is 9.54. The van der Waals surface area contributed by atoms with Gasteiger partial charge in [-0.15, -0.1) is 0 Å². The summed E-state index contributed by atoms with van der Waals surface area (Å²) >= 11 is 5.83. The van der Waals surface area contributed by atoms with Gasteiger partial charge in [-0.25, -0.2) is 0 Å². The van der Waals surface area contributed by atoms with Crippen LogP contribution in [0.5, 0.6) is 0 Å². The molecule has 0 spiro atoms. The van der Waals surface area contributed by atoms with E-state index in [2.05, 4.69) is 0 Å². The molecule has 2 aromatic carbocycles. The zero-order chi connectivity index (χ0) is 14.5. The van der Waals surface area contributed by atoms with Crippen LogP contribution < -0.4 is 5.73 Å². The van der Waals surface area contributed by atoms with Gasteiger partial charge in [-0.2, -0.15) is 0 Å². The summed E-state index contributed by atoms with van der Waals surface area (Å²) in [6.07, 6.45) is 0.371. The number of nitrogens with zero attached hydrogens (tertiary/aromatic N) is 1. The Hall–Kier alpha value is -2.00. The van der Waals surface area contributed by atoms with Crippen molar-refractivity contribution in [1.82, 2.24) is 4.90 Å². The lowest BCUT2D eigenvalue weighted by Gasteiger charge is -2.17. The minimum atomic E-state index is 0.0646. The molecule has 104 valence electrons. The van der Waals surface area contributed by atoms with E-state index in [1.165, 1.54) is 0 Å². The Labute approximate surface area is 124 Å². The maximum Gasteiger partial charge on any atom is 0.227 e. The van der Waals surface area contributed by atoms with E-state index in [1.54, 1.807) is 24.1 Å². The maximum atomic E-state index is 12.1. The summed E-state index contributed by atoms with van der Waals surface area (Å²) < 4.78 is 0. The summed E-state index contributed by atoms with van der Waals surface area (Å²) in [7, 11) is 1.79. The Morgan fingerprint density at radius 3 is 2.50 bits per heavy atom. The van der Waals surface area contributed by atoms with E-state index < -0.39 is 0 Å². The summed E-state index contributed by atoms with van der Waals surface area (Å²) in [5.41, 5.74) is 8.42. The predicted molar refractivity (Wildman–Crippen MR) is 82.5 cm³/mol. The number of nitrogen functional groups attached to an aromatic ring is 1. The van der Waals surface area contributed by atoms with Gasteiger partial charge in [0.25, 0.3) is 0 Å². The summed E-state index contributed by atoms with van der Waals surface area (Å²) in [5, 5.41) is 0.675. The molecule has 2 rings (SSSR count). The number of nitrogens with two attached hydrogens (primary N) is 1. The van der Waals surface area contributed by atoms with Gasteiger partial charge in [0.1, 0.15) is 0 Å². The molecule has 0 aliphatic heterocycles. The molecule has 0 radical (unpaired) electrons. The fourth-order valence-corrected chi connectivity index (χ4v) is 2.09. The number of hydrogen-bond acceptors (Lipinski definition) is 2. The predicted octanol–water partition coefficient (Wildman–Crippen LogP) is 3.12. The molecular weight excluding hydrogens is 272 g/mol. The molecule has 0 bridgehead atoms. The number of halogens is 1. The number of likely N-dealkylation sites (N-methyl/N-ethyl adjacent to an activating group) is 1. The van der Waals surface area contributed by atoms with E-state index >= 15 is 0 Å². The highest BCUT2D eigenvalue weighted by Crippen LogP contribution is 2.12. The standard InChI is InChI=1S/C16H17ClN2O/c1-19(11-13-3-2-4-15(18)9-13)16(20)10-12-5-7-14(17)8-6-12/h2-9H,10-11,18H2,1H3. The molecule has 20 heavy (non-hydrogen) atoms. The summed E-state index contributed by atoms with van der Waals surface area (Å²) in [6.45, 7) is 0.553. The number of carbonyl (C=O) groups excluding carboxylic acids is 1. The van der Waals surface area contributed by atoms with E-state index in [0.717, 1.165) is 11.1 Å². The monoisotopic (exact) mass is 288 g/mol. The topological polar surface area (TPSA) is 46.3 Å². The Kier molecular flexibility index (Phi) is 4.64. The summed E-state index contributed by atoms with van der Waals surface area (Å²) in [6, 6.07) is 14.9. The molecule has 0 aromatic heterocycles. The van der Waals surface area contributed by atoms with Crippen molar-refractivity contribution in [3.05, 3.63) is 64.7 Å². The Bertz CT molecular complexity index is 596. The molecule has 0 heterocycles. The molecule has 0 fully saturated rings. The third kappa shape index (κ3) is 4.00. The van der Waals surface area contributed by atoms with Crippen LogP contribution in [0.1, 0.15) is 11.1 Å². The van der Waals surface area contributed by atoms with Crippen LogP contribution >= 0.6 is 11.6 Å². The van der Waals surface area contributed by atoms with Gasteiger partial charge in [0.05, 0.1) is 6.42 Å². The highest BCUT2D eigenvalue weighted by molar-refractivity contribution is 6.30. The first-order valence-electron chi connectivity index (χ1n) is 6.37. The molecule has 0 aliphatic carbocycles. The van der Waals surface area contributed by atoms with E-state index in [9.17, 15) is 4.79 Å². The van der Waals surface area contributed by atoms with Gasteiger partial charge >= 0.3 is 0 Å². The fraction of sp³-hybridized carbons (Fsp3) is 0.188. The van der Waals surface area contributed by atoms with E-state index in [-0.39, 0.29) is 5.91 Å². The number of carbonyl (C=O) groups is 1.